The molecule has 3 aromatic rings. The number of hydrogen-bond acceptors (Lipinski definition) is 6. The number of halogens is 1. The number of nitrogens with one attached hydrogen (secondary N) is 1. The van der Waals surface area contributed by atoms with Crippen molar-refractivity contribution >= 4 is 35.1 Å². The Hall–Kier alpha value is -2.58. The number of Topliss-reactive ketones (excluding diaryl/α,β-unsaturated/α-hetero) is 1. The van der Waals surface area contributed by atoms with Gasteiger partial charge in [0.25, 0.3) is 0 Å². The molecule has 9 heteroatoms. The number of ether oxygens (including phenoxy) is 1. The van der Waals surface area contributed by atoms with Crippen LogP contribution in [0, 0.1) is 13.8 Å². The minimum atomic E-state index is -0.459. The number of aromatic amines is 1. The number of benzene rings is 1. The molecule has 0 spiro atoms. The topological polar surface area (TPSA) is 89.9 Å². The van der Waals surface area contributed by atoms with Crippen LogP contribution in [-0.2, 0) is 11.3 Å². The largest absolute Gasteiger partial charge is 0.465 e. The summed E-state index contributed by atoms with van der Waals surface area (Å²) < 4.78 is 6.79. The Balaban J connectivity index is 1.86. The number of aryl methyl sites for hydroxylation is 1. The van der Waals surface area contributed by atoms with Crippen LogP contribution < -0.4 is 0 Å². The maximum Gasteiger partial charge on any atom is 0.339 e. The molecule has 30 heavy (non-hydrogen) atoms. The number of rotatable bonds is 7. The van der Waals surface area contributed by atoms with Crippen molar-refractivity contribution in [1.29, 1.82) is 0 Å². The first-order valence-electron chi connectivity index (χ1n) is 9.45. The van der Waals surface area contributed by atoms with Crippen LogP contribution in [0.1, 0.15) is 46.0 Å². The highest BCUT2D eigenvalue weighted by molar-refractivity contribution is 8.00. The predicted octanol–water partition coefficient (Wildman–Crippen LogP) is 4.71. The number of methoxy groups -OCH3 is 1. The van der Waals surface area contributed by atoms with Crippen LogP contribution in [0.4, 0.5) is 0 Å². The highest BCUT2D eigenvalue weighted by Gasteiger charge is 2.27. The van der Waals surface area contributed by atoms with E-state index < -0.39 is 11.2 Å². The molecule has 7 nitrogen and oxygen atoms in total. The minimum absolute atomic E-state index is 0.116. The standard InChI is InChI=1S/C21H23ClN4O3S/c1-6-26-19(14-7-9-15(22)10-8-14)24-25-21(26)30-13(4)18(27)17-11(2)16(12(3)23-17)20(28)29-5/h7-10,13,23H,6H2,1-5H3. The summed E-state index contributed by atoms with van der Waals surface area (Å²) in [6.45, 7) is 7.96. The van der Waals surface area contributed by atoms with E-state index in [2.05, 4.69) is 15.2 Å². The lowest BCUT2D eigenvalue weighted by Gasteiger charge is -2.11. The molecule has 0 amide bonds. The van der Waals surface area contributed by atoms with Gasteiger partial charge < -0.3 is 14.3 Å². The molecule has 0 radical (unpaired) electrons. The third-order valence-corrected chi connectivity index (χ3v) is 6.19. The summed E-state index contributed by atoms with van der Waals surface area (Å²) in [4.78, 5) is 28.1. The number of H-pyrrole nitrogens is 1. The van der Waals surface area contributed by atoms with Crippen LogP contribution >= 0.6 is 23.4 Å². The predicted molar refractivity (Wildman–Crippen MR) is 117 cm³/mol. The summed E-state index contributed by atoms with van der Waals surface area (Å²) in [5.74, 6) is 0.143. The van der Waals surface area contributed by atoms with Gasteiger partial charge in [0.2, 0.25) is 0 Å². The van der Waals surface area contributed by atoms with Crippen LogP contribution in [-0.4, -0.2) is 43.9 Å². The SMILES string of the molecule is CCn1c(SC(C)C(=O)c2[nH]c(C)c(C(=O)OC)c2C)nnc1-c1ccc(Cl)cc1. The lowest BCUT2D eigenvalue weighted by atomic mass is 10.1. The first kappa shape index (κ1) is 22.1. The first-order chi connectivity index (χ1) is 14.3. The second-order valence-corrected chi connectivity index (χ2v) is 8.54. The van der Waals surface area contributed by atoms with E-state index in [0.717, 1.165) is 11.4 Å². The van der Waals surface area contributed by atoms with Crippen LogP contribution in [0.15, 0.2) is 29.4 Å². The Kier molecular flexibility index (Phi) is 6.67. The molecule has 0 saturated carbocycles. The van der Waals surface area contributed by atoms with E-state index in [4.69, 9.17) is 16.3 Å². The maximum atomic E-state index is 13.1. The van der Waals surface area contributed by atoms with E-state index in [1.165, 1.54) is 18.9 Å². The third kappa shape index (κ3) is 4.15. The minimum Gasteiger partial charge on any atom is -0.465 e. The molecular weight excluding hydrogens is 424 g/mol. The fourth-order valence-corrected chi connectivity index (χ4v) is 4.39. The molecule has 0 bridgehead atoms. The zero-order valence-corrected chi connectivity index (χ0v) is 19.0. The Labute approximate surface area is 184 Å². The number of nitrogens with zero attached hydrogens (tertiary/aromatic N) is 3. The zero-order valence-electron chi connectivity index (χ0n) is 17.4. The van der Waals surface area contributed by atoms with Crippen LogP contribution in [0.2, 0.25) is 5.02 Å². The molecule has 0 aliphatic heterocycles. The summed E-state index contributed by atoms with van der Waals surface area (Å²) >= 11 is 7.31. The Morgan fingerprint density at radius 3 is 2.50 bits per heavy atom. The van der Waals surface area contributed by atoms with E-state index in [9.17, 15) is 9.59 Å². The van der Waals surface area contributed by atoms with Crippen molar-refractivity contribution in [2.24, 2.45) is 0 Å². The van der Waals surface area contributed by atoms with Gasteiger partial charge in [-0.1, -0.05) is 23.4 Å². The van der Waals surface area contributed by atoms with E-state index in [1.807, 2.05) is 30.5 Å². The van der Waals surface area contributed by atoms with Crippen molar-refractivity contribution in [2.45, 2.75) is 44.6 Å². The molecule has 1 N–H and O–H groups in total. The summed E-state index contributed by atoms with van der Waals surface area (Å²) in [6.07, 6.45) is 0. The summed E-state index contributed by atoms with van der Waals surface area (Å²) in [7, 11) is 1.32. The van der Waals surface area contributed by atoms with Gasteiger partial charge in [0, 0.05) is 22.8 Å². The molecule has 2 aromatic heterocycles. The quantitative estimate of drug-likeness (QED) is 0.321. The van der Waals surface area contributed by atoms with Crippen molar-refractivity contribution in [3.63, 3.8) is 0 Å². The molecule has 1 atom stereocenters. The van der Waals surface area contributed by atoms with Gasteiger partial charge in [0.05, 0.1) is 23.6 Å². The van der Waals surface area contributed by atoms with Crippen molar-refractivity contribution < 1.29 is 14.3 Å². The summed E-state index contributed by atoms with van der Waals surface area (Å²) in [5, 5.41) is 9.48. The normalized spacial score (nSPS) is 12.1. The van der Waals surface area contributed by atoms with Gasteiger partial charge in [-0.2, -0.15) is 0 Å². The average molecular weight is 447 g/mol. The lowest BCUT2D eigenvalue weighted by molar-refractivity contribution is 0.0599. The number of carbonyl (C=O) groups is 2. The zero-order chi connectivity index (χ0) is 22.0. The highest BCUT2D eigenvalue weighted by Crippen LogP contribution is 2.30. The van der Waals surface area contributed by atoms with Gasteiger partial charge in [-0.25, -0.2) is 4.79 Å². The molecule has 0 saturated heterocycles. The molecule has 0 fully saturated rings. The molecule has 3 rings (SSSR count). The Bertz CT molecular complexity index is 1090. The fourth-order valence-electron chi connectivity index (χ4n) is 3.29. The second kappa shape index (κ2) is 9.06. The third-order valence-electron chi connectivity index (χ3n) is 4.86. The van der Waals surface area contributed by atoms with Crippen molar-refractivity contribution in [3.8, 4) is 11.4 Å². The van der Waals surface area contributed by atoms with Crippen LogP contribution in [0.25, 0.3) is 11.4 Å². The lowest BCUT2D eigenvalue weighted by Crippen LogP contribution is -2.16. The molecule has 0 aliphatic rings. The first-order valence-corrected chi connectivity index (χ1v) is 10.7. The summed E-state index contributed by atoms with van der Waals surface area (Å²) in [6, 6.07) is 7.39. The Morgan fingerprint density at radius 2 is 1.90 bits per heavy atom. The van der Waals surface area contributed by atoms with E-state index in [1.54, 1.807) is 26.0 Å². The summed E-state index contributed by atoms with van der Waals surface area (Å²) in [5.41, 5.74) is 2.92. The van der Waals surface area contributed by atoms with Gasteiger partial charge in [-0.3, -0.25) is 4.79 Å². The molecule has 2 heterocycles. The van der Waals surface area contributed by atoms with Gasteiger partial charge in [0.15, 0.2) is 16.8 Å². The second-order valence-electron chi connectivity index (χ2n) is 6.80. The van der Waals surface area contributed by atoms with Crippen molar-refractivity contribution in [2.75, 3.05) is 7.11 Å². The van der Waals surface area contributed by atoms with E-state index in [-0.39, 0.29) is 5.78 Å². The van der Waals surface area contributed by atoms with Crippen molar-refractivity contribution in [3.05, 3.63) is 51.8 Å². The van der Waals surface area contributed by atoms with Gasteiger partial charge in [-0.05, 0) is 57.5 Å². The number of ketones is 1. The smallest absolute Gasteiger partial charge is 0.339 e. The molecule has 1 unspecified atom stereocenters. The van der Waals surface area contributed by atoms with Gasteiger partial charge >= 0.3 is 5.97 Å². The molecule has 0 aliphatic carbocycles. The van der Waals surface area contributed by atoms with Crippen molar-refractivity contribution in [1.82, 2.24) is 19.7 Å². The number of thioether (sulfide) groups is 1. The van der Waals surface area contributed by atoms with Crippen LogP contribution in [0.5, 0.6) is 0 Å². The molecule has 158 valence electrons. The van der Waals surface area contributed by atoms with Crippen LogP contribution in [0.3, 0.4) is 0 Å². The van der Waals surface area contributed by atoms with E-state index in [0.29, 0.717) is 39.2 Å². The highest BCUT2D eigenvalue weighted by atomic mass is 35.5. The Morgan fingerprint density at radius 1 is 1.23 bits per heavy atom. The van der Waals surface area contributed by atoms with Gasteiger partial charge in [0.1, 0.15) is 0 Å². The number of hydrogen-bond donors (Lipinski definition) is 1. The maximum absolute atomic E-state index is 13.1. The molecule has 1 aromatic carbocycles. The number of aromatic nitrogens is 4. The number of esters is 1. The average Bonchev–Trinajstić information content (AvgIpc) is 3.27. The molecular formula is C21H23ClN4O3S. The van der Waals surface area contributed by atoms with E-state index >= 15 is 0 Å². The monoisotopic (exact) mass is 446 g/mol. The fraction of sp³-hybridized carbons (Fsp3) is 0.333. The number of carbonyl (C=O) groups excluding carboxylic acids is 2. The van der Waals surface area contributed by atoms with Gasteiger partial charge in [-0.15, -0.1) is 10.2 Å².